The molecule has 0 aromatic heterocycles. The number of rotatable bonds is 0. The van der Waals surface area contributed by atoms with Crippen molar-refractivity contribution in [3.63, 3.8) is 0 Å². The Balaban J connectivity index is 3.03. The van der Waals surface area contributed by atoms with Crippen molar-refractivity contribution in [2.75, 3.05) is 0 Å². The SMILES string of the molecule is FC(F)(F)C1(F)SC(F)(F)C(F)(F)S1. The first-order chi connectivity index (χ1) is 5.91. The number of halogens is 8. The third-order valence-electron chi connectivity index (χ3n) is 1.20. The van der Waals surface area contributed by atoms with E-state index >= 15 is 0 Å². The Morgan fingerprint density at radius 3 is 1.14 bits per heavy atom. The summed E-state index contributed by atoms with van der Waals surface area (Å²) in [7, 11) is 0. The van der Waals surface area contributed by atoms with Crippen LogP contribution < -0.4 is 0 Å². The van der Waals surface area contributed by atoms with E-state index in [0.717, 1.165) is 0 Å². The van der Waals surface area contributed by atoms with Gasteiger partial charge in [0.25, 0.3) is 0 Å². The van der Waals surface area contributed by atoms with Crippen LogP contribution in [0.3, 0.4) is 0 Å². The Morgan fingerprint density at radius 2 is 1.00 bits per heavy atom. The average Bonchev–Trinajstić information content (AvgIpc) is 1.95. The summed E-state index contributed by atoms with van der Waals surface area (Å²) in [6.07, 6.45) is -5.77. The van der Waals surface area contributed by atoms with Crippen molar-refractivity contribution < 1.29 is 35.1 Å². The molecule has 0 spiro atoms. The minimum Gasteiger partial charge on any atom is -0.209 e. The number of hydrogen-bond acceptors (Lipinski definition) is 2. The van der Waals surface area contributed by atoms with Gasteiger partial charge in [-0.15, -0.1) is 0 Å². The zero-order valence-electron chi connectivity index (χ0n) is 5.84. The molecular weight excluding hydrogens is 264 g/mol. The highest BCUT2D eigenvalue weighted by Gasteiger charge is 2.79. The Kier molecular flexibility index (Phi) is 2.47. The average molecular weight is 264 g/mol. The van der Waals surface area contributed by atoms with Gasteiger partial charge in [-0.05, 0) is 23.5 Å². The Hall–Kier alpha value is 0.140. The molecule has 1 fully saturated rings. The van der Waals surface area contributed by atoms with E-state index in [1.54, 1.807) is 0 Å². The molecule has 0 bridgehead atoms. The summed E-state index contributed by atoms with van der Waals surface area (Å²) >= 11 is -3.46. The van der Waals surface area contributed by atoms with E-state index in [-0.39, 0.29) is 0 Å². The van der Waals surface area contributed by atoms with Gasteiger partial charge >= 0.3 is 21.0 Å². The van der Waals surface area contributed by atoms with E-state index in [1.807, 2.05) is 0 Å². The molecule has 14 heavy (non-hydrogen) atoms. The lowest BCUT2D eigenvalue weighted by molar-refractivity contribution is -0.165. The van der Waals surface area contributed by atoms with E-state index in [1.165, 1.54) is 0 Å². The van der Waals surface area contributed by atoms with Crippen molar-refractivity contribution in [1.29, 1.82) is 0 Å². The summed E-state index contributed by atoms with van der Waals surface area (Å²) in [5.74, 6) is 0. The molecule has 0 amide bonds. The van der Waals surface area contributed by atoms with Crippen molar-refractivity contribution >= 4 is 23.5 Å². The maximum atomic E-state index is 12.7. The van der Waals surface area contributed by atoms with E-state index in [2.05, 4.69) is 0 Å². The van der Waals surface area contributed by atoms with E-state index in [4.69, 9.17) is 0 Å². The van der Waals surface area contributed by atoms with Crippen LogP contribution in [0.1, 0.15) is 0 Å². The standard InChI is InChI=1S/C4F8S2/c5-1(6,7)4(12)13-2(8,9)3(10,11)14-4. The molecule has 84 valence electrons. The Labute approximate surface area is 80.4 Å². The van der Waals surface area contributed by atoms with Crippen LogP contribution in [0.5, 0.6) is 0 Å². The monoisotopic (exact) mass is 264 g/mol. The van der Waals surface area contributed by atoms with Crippen LogP contribution in [0.15, 0.2) is 0 Å². The molecule has 0 aliphatic carbocycles. The first-order valence-corrected chi connectivity index (χ1v) is 4.46. The molecule has 10 heteroatoms. The topological polar surface area (TPSA) is 0 Å². The predicted molar refractivity (Wildman–Crippen MR) is 35.0 cm³/mol. The van der Waals surface area contributed by atoms with Crippen LogP contribution in [-0.2, 0) is 0 Å². The lowest BCUT2D eigenvalue weighted by Gasteiger charge is -2.19. The van der Waals surface area contributed by atoms with Gasteiger partial charge in [0.2, 0.25) is 0 Å². The minimum atomic E-state index is -5.77. The zero-order chi connectivity index (χ0) is 11.4. The second-order valence-electron chi connectivity index (χ2n) is 2.27. The highest BCUT2D eigenvalue weighted by Crippen LogP contribution is 2.71. The van der Waals surface area contributed by atoms with Crippen LogP contribution >= 0.6 is 23.5 Å². The first-order valence-electron chi connectivity index (χ1n) is 2.83. The van der Waals surface area contributed by atoms with Crippen molar-refractivity contribution in [3.05, 3.63) is 0 Å². The van der Waals surface area contributed by atoms with Crippen molar-refractivity contribution in [2.24, 2.45) is 0 Å². The van der Waals surface area contributed by atoms with Crippen LogP contribution in [0.25, 0.3) is 0 Å². The van der Waals surface area contributed by atoms with Gasteiger partial charge in [0, 0.05) is 0 Å². The fourth-order valence-electron chi connectivity index (χ4n) is 0.585. The summed E-state index contributed by atoms with van der Waals surface area (Å²) in [6, 6.07) is 0. The molecule has 0 aromatic carbocycles. The maximum Gasteiger partial charge on any atom is 0.442 e. The van der Waals surface area contributed by atoms with E-state index < -0.39 is 44.5 Å². The minimum absolute atomic E-state index is 1.73. The number of thioether (sulfide) groups is 2. The second kappa shape index (κ2) is 2.83. The summed E-state index contributed by atoms with van der Waals surface area (Å²) in [5.41, 5.74) is 0. The quantitative estimate of drug-likeness (QED) is 0.610. The van der Waals surface area contributed by atoms with Crippen molar-refractivity contribution in [3.8, 4) is 0 Å². The summed E-state index contributed by atoms with van der Waals surface area (Å²) in [6.45, 7) is 0. The number of alkyl halides is 8. The molecule has 0 saturated carbocycles. The van der Waals surface area contributed by atoms with Crippen LogP contribution in [-0.4, -0.2) is 21.0 Å². The van der Waals surface area contributed by atoms with Gasteiger partial charge in [-0.25, -0.2) is 4.39 Å². The largest absolute Gasteiger partial charge is 0.442 e. The van der Waals surface area contributed by atoms with E-state index in [0.29, 0.717) is 0 Å². The molecule has 0 atom stereocenters. The maximum absolute atomic E-state index is 12.7. The Bertz CT molecular complexity index is 228. The van der Waals surface area contributed by atoms with Gasteiger partial charge in [-0.3, -0.25) is 0 Å². The predicted octanol–water partition coefficient (Wildman–Crippen LogP) is 3.84. The molecule has 1 aliphatic heterocycles. The molecule has 1 heterocycles. The van der Waals surface area contributed by atoms with E-state index in [9.17, 15) is 35.1 Å². The van der Waals surface area contributed by atoms with Gasteiger partial charge in [-0.2, -0.15) is 30.7 Å². The smallest absolute Gasteiger partial charge is 0.209 e. The molecule has 1 aliphatic rings. The highest BCUT2D eigenvalue weighted by atomic mass is 32.2. The normalized spacial score (nSPS) is 29.1. The molecule has 0 unspecified atom stereocenters. The van der Waals surface area contributed by atoms with Gasteiger partial charge < -0.3 is 0 Å². The summed E-state index contributed by atoms with van der Waals surface area (Å²) in [5, 5.41) is -10.1. The third-order valence-corrected chi connectivity index (χ3v) is 3.84. The van der Waals surface area contributed by atoms with Gasteiger partial charge in [0.05, 0.1) is 0 Å². The fraction of sp³-hybridized carbons (Fsp3) is 1.00. The number of hydrogen-bond donors (Lipinski definition) is 0. The van der Waals surface area contributed by atoms with Crippen LogP contribution in [0, 0.1) is 0 Å². The molecule has 1 saturated heterocycles. The van der Waals surface area contributed by atoms with Crippen LogP contribution in [0.2, 0.25) is 0 Å². The van der Waals surface area contributed by atoms with Crippen LogP contribution in [0.4, 0.5) is 35.1 Å². The zero-order valence-corrected chi connectivity index (χ0v) is 7.47. The summed E-state index contributed by atoms with van der Waals surface area (Å²) in [4.78, 5) is 0. The van der Waals surface area contributed by atoms with Gasteiger partial charge in [0.15, 0.2) is 0 Å². The van der Waals surface area contributed by atoms with Gasteiger partial charge in [-0.1, -0.05) is 0 Å². The molecule has 1 rings (SSSR count). The third kappa shape index (κ3) is 1.66. The van der Waals surface area contributed by atoms with Gasteiger partial charge in [0.1, 0.15) is 0 Å². The first kappa shape index (κ1) is 12.2. The molecule has 0 N–H and O–H groups in total. The Morgan fingerprint density at radius 1 is 0.714 bits per heavy atom. The molecule has 0 radical (unpaired) electrons. The highest BCUT2D eigenvalue weighted by molar-refractivity contribution is 8.22. The molecular formula is C4F8S2. The fourth-order valence-corrected chi connectivity index (χ4v) is 2.76. The molecule has 0 nitrogen and oxygen atoms in total. The second-order valence-corrected chi connectivity index (χ2v) is 5.09. The van der Waals surface area contributed by atoms with Crippen molar-refractivity contribution in [2.45, 2.75) is 21.0 Å². The molecule has 0 aromatic rings. The summed E-state index contributed by atoms with van der Waals surface area (Å²) < 4.78 is 92.0. The van der Waals surface area contributed by atoms with Crippen molar-refractivity contribution in [1.82, 2.24) is 0 Å². The lowest BCUT2D eigenvalue weighted by atomic mass is 10.7. The lowest BCUT2D eigenvalue weighted by Crippen LogP contribution is -2.32.